The van der Waals surface area contributed by atoms with E-state index in [0.717, 1.165) is 23.3 Å². The summed E-state index contributed by atoms with van der Waals surface area (Å²) in [6.45, 7) is 7.05. The Hall–Kier alpha value is -2.57. The first-order chi connectivity index (χ1) is 12.2. The molecule has 0 aromatic carbocycles. The Kier molecular flexibility index (Phi) is 6.23. The molecule has 0 radical (unpaired) electrons. The molecule has 1 aromatic heterocycles. The molecule has 2 amide bonds. The molecule has 0 fully saturated rings. The van der Waals surface area contributed by atoms with Crippen molar-refractivity contribution in [1.29, 1.82) is 0 Å². The third-order valence-corrected chi connectivity index (χ3v) is 3.94. The van der Waals surface area contributed by atoms with Gasteiger partial charge in [-0.05, 0) is 44.4 Å². The van der Waals surface area contributed by atoms with Crippen LogP contribution in [0.3, 0.4) is 0 Å². The van der Waals surface area contributed by atoms with Crippen molar-refractivity contribution >= 4 is 17.8 Å². The molecule has 0 saturated carbocycles. The molecule has 7 heteroatoms. The lowest BCUT2D eigenvalue weighted by Gasteiger charge is -2.25. The molecule has 0 unspecified atom stereocenters. The molecular weight excluding hydrogens is 334 g/mol. The lowest BCUT2D eigenvalue weighted by atomic mass is 10.0. The number of hydrogen-bond donors (Lipinski definition) is 0. The van der Waals surface area contributed by atoms with Crippen molar-refractivity contribution in [3.8, 4) is 0 Å². The van der Waals surface area contributed by atoms with Crippen LogP contribution in [-0.4, -0.2) is 59.8 Å². The minimum Gasteiger partial charge on any atom is -0.453 e. The predicted octanol–water partition coefficient (Wildman–Crippen LogP) is 3.30. The number of amides is 2. The average Bonchev–Trinajstić information content (AvgIpc) is 2.60. The highest BCUT2D eigenvalue weighted by Crippen LogP contribution is 2.22. The monoisotopic (exact) mass is 361 g/mol. The van der Waals surface area contributed by atoms with E-state index in [4.69, 9.17) is 9.47 Å². The van der Waals surface area contributed by atoms with Crippen LogP contribution in [0.1, 0.15) is 38.4 Å². The van der Waals surface area contributed by atoms with E-state index in [1.165, 1.54) is 12.0 Å². The molecule has 1 aliphatic rings. The third kappa shape index (κ3) is 5.47. The molecule has 0 atom stereocenters. The standard InChI is InChI=1S/C19H27N3O4/c1-19(2,3)26-17(23)21(4)13-16-7-6-15(12-20-16)14-8-10-22(11-9-14)18(24)25-5/h6-8,12H,9-11,13H2,1-5H3. The minimum atomic E-state index is -0.520. The molecule has 1 aromatic rings. The Morgan fingerprint density at radius 3 is 2.54 bits per heavy atom. The zero-order valence-electron chi connectivity index (χ0n) is 16.1. The smallest absolute Gasteiger partial charge is 0.410 e. The number of carbonyl (C=O) groups is 2. The fourth-order valence-electron chi connectivity index (χ4n) is 2.58. The molecule has 1 aliphatic heterocycles. The number of ether oxygens (including phenoxy) is 2. The van der Waals surface area contributed by atoms with Gasteiger partial charge in [-0.15, -0.1) is 0 Å². The Labute approximate surface area is 154 Å². The summed E-state index contributed by atoms with van der Waals surface area (Å²) in [4.78, 5) is 31.1. The minimum absolute atomic E-state index is 0.307. The number of aromatic nitrogens is 1. The third-order valence-electron chi connectivity index (χ3n) is 3.94. The van der Waals surface area contributed by atoms with Gasteiger partial charge in [-0.3, -0.25) is 4.98 Å². The normalized spacial score (nSPS) is 14.5. The van der Waals surface area contributed by atoms with Gasteiger partial charge in [-0.25, -0.2) is 9.59 Å². The first kappa shape index (κ1) is 19.8. The van der Waals surface area contributed by atoms with Crippen LogP contribution in [0.5, 0.6) is 0 Å². The van der Waals surface area contributed by atoms with Gasteiger partial charge >= 0.3 is 12.2 Å². The van der Waals surface area contributed by atoms with E-state index in [-0.39, 0.29) is 12.2 Å². The number of nitrogens with zero attached hydrogens (tertiary/aromatic N) is 3. The molecule has 142 valence electrons. The maximum Gasteiger partial charge on any atom is 0.410 e. The van der Waals surface area contributed by atoms with Crippen molar-refractivity contribution in [1.82, 2.24) is 14.8 Å². The molecule has 2 heterocycles. The fourth-order valence-corrected chi connectivity index (χ4v) is 2.58. The Morgan fingerprint density at radius 1 is 1.31 bits per heavy atom. The summed E-state index contributed by atoms with van der Waals surface area (Å²) in [5.74, 6) is 0. The summed E-state index contributed by atoms with van der Waals surface area (Å²) in [6.07, 6.45) is 3.90. The zero-order valence-corrected chi connectivity index (χ0v) is 16.1. The number of hydrogen-bond acceptors (Lipinski definition) is 5. The number of carbonyl (C=O) groups excluding carboxylic acids is 2. The predicted molar refractivity (Wildman–Crippen MR) is 98.5 cm³/mol. The molecule has 0 bridgehead atoms. The summed E-state index contributed by atoms with van der Waals surface area (Å²) in [7, 11) is 3.08. The first-order valence-electron chi connectivity index (χ1n) is 8.61. The quantitative estimate of drug-likeness (QED) is 0.826. The van der Waals surface area contributed by atoms with E-state index in [1.54, 1.807) is 18.1 Å². The molecule has 26 heavy (non-hydrogen) atoms. The van der Waals surface area contributed by atoms with Crippen LogP contribution in [0.25, 0.3) is 5.57 Å². The van der Waals surface area contributed by atoms with E-state index in [2.05, 4.69) is 4.98 Å². The van der Waals surface area contributed by atoms with Crippen molar-refractivity contribution in [3.63, 3.8) is 0 Å². The van der Waals surface area contributed by atoms with Gasteiger partial charge < -0.3 is 19.3 Å². The van der Waals surface area contributed by atoms with E-state index in [1.807, 2.05) is 39.0 Å². The van der Waals surface area contributed by atoms with Crippen LogP contribution in [0.4, 0.5) is 9.59 Å². The molecule has 0 spiro atoms. The number of methoxy groups -OCH3 is 1. The van der Waals surface area contributed by atoms with Crippen LogP contribution >= 0.6 is 0 Å². The van der Waals surface area contributed by atoms with E-state index in [9.17, 15) is 9.59 Å². The summed E-state index contributed by atoms with van der Waals surface area (Å²) < 4.78 is 10.1. The van der Waals surface area contributed by atoms with Gasteiger partial charge in [0.15, 0.2) is 0 Å². The van der Waals surface area contributed by atoms with E-state index < -0.39 is 5.60 Å². The molecule has 0 saturated heterocycles. The first-order valence-corrected chi connectivity index (χ1v) is 8.61. The van der Waals surface area contributed by atoms with Crippen molar-refractivity contribution in [2.75, 3.05) is 27.2 Å². The highest BCUT2D eigenvalue weighted by molar-refractivity contribution is 5.72. The second kappa shape index (κ2) is 8.21. The van der Waals surface area contributed by atoms with Gasteiger partial charge in [0.2, 0.25) is 0 Å². The van der Waals surface area contributed by atoms with Gasteiger partial charge in [0.25, 0.3) is 0 Å². The second-order valence-electron chi connectivity index (χ2n) is 7.27. The van der Waals surface area contributed by atoms with Crippen molar-refractivity contribution < 1.29 is 19.1 Å². The van der Waals surface area contributed by atoms with E-state index >= 15 is 0 Å². The van der Waals surface area contributed by atoms with Crippen LogP contribution in [0, 0.1) is 0 Å². The Bertz CT molecular complexity index is 677. The molecule has 0 N–H and O–H groups in total. The van der Waals surface area contributed by atoms with Crippen molar-refractivity contribution in [2.24, 2.45) is 0 Å². The van der Waals surface area contributed by atoms with E-state index in [0.29, 0.717) is 19.6 Å². The van der Waals surface area contributed by atoms with Crippen molar-refractivity contribution in [3.05, 3.63) is 35.7 Å². The Balaban J connectivity index is 1.95. The van der Waals surface area contributed by atoms with Gasteiger partial charge in [-0.2, -0.15) is 0 Å². The topological polar surface area (TPSA) is 72.0 Å². The highest BCUT2D eigenvalue weighted by Gasteiger charge is 2.20. The van der Waals surface area contributed by atoms with Crippen molar-refractivity contribution in [2.45, 2.75) is 39.3 Å². The average molecular weight is 361 g/mol. The van der Waals surface area contributed by atoms with Gasteiger partial charge in [0, 0.05) is 26.3 Å². The molecule has 7 nitrogen and oxygen atoms in total. The molecular formula is C19H27N3O4. The largest absolute Gasteiger partial charge is 0.453 e. The maximum absolute atomic E-state index is 12.0. The highest BCUT2D eigenvalue weighted by atomic mass is 16.6. The van der Waals surface area contributed by atoms with Gasteiger partial charge in [0.05, 0.1) is 19.3 Å². The number of pyridine rings is 1. The van der Waals surface area contributed by atoms with Crippen LogP contribution in [-0.2, 0) is 16.0 Å². The lowest BCUT2D eigenvalue weighted by Crippen LogP contribution is -2.34. The molecule has 0 aliphatic carbocycles. The van der Waals surface area contributed by atoms with Crippen LogP contribution in [0.15, 0.2) is 24.4 Å². The Morgan fingerprint density at radius 2 is 2.04 bits per heavy atom. The summed E-state index contributed by atoms with van der Waals surface area (Å²) >= 11 is 0. The second-order valence-corrected chi connectivity index (χ2v) is 7.27. The SMILES string of the molecule is COC(=O)N1CC=C(c2ccc(CN(C)C(=O)OC(C)(C)C)nc2)CC1. The number of rotatable bonds is 3. The fraction of sp³-hybridized carbons (Fsp3) is 0.526. The zero-order chi connectivity index (χ0) is 19.3. The van der Waals surface area contributed by atoms with Crippen LogP contribution in [0.2, 0.25) is 0 Å². The lowest BCUT2D eigenvalue weighted by molar-refractivity contribution is 0.0283. The van der Waals surface area contributed by atoms with Gasteiger partial charge in [0.1, 0.15) is 5.60 Å². The van der Waals surface area contributed by atoms with Gasteiger partial charge in [-0.1, -0.05) is 12.1 Å². The maximum atomic E-state index is 12.0. The summed E-state index contributed by atoms with van der Waals surface area (Å²) in [5, 5.41) is 0. The van der Waals surface area contributed by atoms with Crippen LogP contribution < -0.4 is 0 Å². The summed E-state index contributed by atoms with van der Waals surface area (Å²) in [5.41, 5.74) is 2.45. The summed E-state index contributed by atoms with van der Waals surface area (Å²) in [6, 6.07) is 3.90. The molecule has 2 rings (SSSR count).